The fourth-order valence-corrected chi connectivity index (χ4v) is 4.03. The number of aryl methyl sites for hydroxylation is 2. The van der Waals surface area contributed by atoms with Gasteiger partial charge in [0.05, 0.1) is 10.4 Å². The maximum absolute atomic E-state index is 12.0. The Balaban J connectivity index is 2.07. The minimum absolute atomic E-state index is 0.498. The van der Waals surface area contributed by atoms with Gasteiger partial charge in [0.15, 0.2) is 0 Å². The molecule has 3 rings (SSSR count). The SMILES string of the molecule is Cc1csc(CC2(C(=O)O)CCCc3ccccc32)n1. The van der Waals surface area contributed by atoms with Crippen molar-refractivity contribution < 1.29 is 9.90 Å². The van der Waals surface area contributed by atoms with E-state index in [2.05, 4.69) is 11.1 Å². The average molecular weight is 287 g/mol. The number of aliphatic carboxylic acids is 1. The summed E-state index contributed by atoms with van der Waals surface area (Å²) in [6, 6.07) is 7.96. The third-order valence-electron chi connectivity index (χ3n) is 4.11. The molecule has 20 heavy (non-hydrogen) atoms. The molecule has 1 aromatic carbocycles. The lowest BCUT2D eigenvalue weighted by Crippen LogP contribution is -2.41. The molecule has 1 aliphatic carbocycles. The minimum Gasteiger partial charge on any atom is -0.481 e. The molecular formula is C16H17NO2S. The van der Waals surface area contributed by atoms with E-state index in [0.717, 1.165) is 29.1 Å². The Hall–Kier alpha value is -1.68. The normalized spacial score (nSPS) is 21.4. The summed E-state index contributed by atoms with van der Waals surface area (Å²) in [5.41, 5.74) is 2.31. The molecular weight excluding hydrogens is 270 g/mol. The Kier molecular flexibility index (Phi) is 3.34. The zero-order valence-electron chi connectivity index (χ0n) is 11.4. The third-order valence-corrected chi connectivity index (χ3v) is 5.08. The quantitative estimate of drug-likeness (QED) is 0.941. The summed E-state index contributed by atoms with van der Waals surface area (Å²) in [6.45, 7) is 1.95. The topological polar surface area (TPSA) is 50.2 Å². The average Bonchev–Trinajstić information content (AvgIpc) is 2.84. The zero-order chi connectivity index (χ0) is 14.2. The molecule has 0 spiro atoms. The Morgan fingerprint density at radius 1 is 1.45 bits per heavy atom. The van der Waals surface area contributed by atoms with Crippen molar-refractivity contribution in [1.29, 1.82) is 0 Å². The molecule has 1 N–H and O–H groups in total. The maximum atomic E-state index is 12.0. The fraction of sp³-hybridized carbons (Fsp3) is 0.375. The van der Waals surface area contributed by atoms with Gasteiger partial charge in [0.25, 0.3) is 0 Å². The molecule has 1 atom stereocenters. The van der Waals surface area contributed by atoms with Crippen molar-refractivity contribution in [2.75, 3.05) is 0 Å². The van der Waals surface area contributed by atoms with Gasteiger partial charge in [-0.05, 0) is 37.3 Å². The lowest BCUT2D eigenvalue weighted by Gasteiger charge is -2.35. The van der Waals surface area contributed by atoms with Gasteiger partial charge in [-0.3, -0.25) is 4.79 Å². The van der Waals surface area contributed by atoms with Gasteiger partial charge in [-0.25, -0.2) is 4.98 Å². The van der Waals surface area contributed by atoms with Crippen LogP contribution < -0.4 is 0 Å². The summed E-state index contributed by atoms with van der Waals surface area (Å²) in [5.74, 6) is -0.725. The molecule has 2 aromatic rings. The van der Waals surface area contributed by atoms with E-state index in [1.807, 2.05) is 30.5 Å². The number of hydrogen-bond acceptors (Lipinski definition) is 3. The summed E-state index contributed by atoms with van der Waals surface area (Å²) in [5, 5.41) is 12.8. The van der Waals surface area contributed by atoms with Crippen LogP contribution in [0.4, 0.5) is 0 Å². The first-order valence-corrected chi connectivity index (χ1v) is 7.72. The molecule has 4 heteroatoms. The molecule has 1 unspecified atom stereocenters. The van der Waals surface area contributed by atoms with Gasteiger partial charge >= 0.3 is 5.97 Å². The van der Waals surface area contributed by atoms with Crippen molar-refractivity contribution in [3.05, 3.63) is 51.5 Å². The van der Waals surface area contributed by atoms with Gasteiger partial charge in [-0.1, -0.05) is 24.3 Å². The van der Waals surface area contributed by atoms with E-state index < -0.39 is 11.4 Å². The highest BCUT2D eigenvalue weighted by atomic mass is 32.1. The second-order valence-electron chi connectivity index (χ2n) is 5.46. The van der Waals surface area contributed by atoms with Gasteiger partial charge in [-0.2, -0.15) is 0 Å². The third kappa shape index (κ3) is 2.14. The summed E-state index contributed by atoms with van der Waals surface area (Å²) >= 11 is 1.56. The summed E-state index contributed by atoms with van der Waals surface area (Å²) in [4.78, 5) is 16.5. The van der Waals surface area contributed by atoms with Crippen molar-refractivity contribution in [1.82, 2.24) is 4.98 Å². The zero-order valence-corrected chi connectivity index (χ0v) is 12.2. The number of nitrogens with zero attached hydrogens (tertiary/aromatic N) is 1. The van der Waals surface area contributed by atoms with Crippen LogP contribution in [0.15, 0.2) is 29.6 Å². The van der Waals surface area contributed by atoms with Crippen molar-refractivity contribution in [2.45, 2.75) is 38.0 Å². The highest BCUT2D eigenvalue weighted by Crippen LogP contribution is 2.40. The minimum atomic E-state index is -0.806. The number of carboxylic acids is 1. The molecule has 0 fully saturated rings. The molecule has 3 nitrogen and oxygen atoms in total. The molecule has 104 valence electrons. The van der Waals surface area contributed by atoms with Crippen LogP contribution in [0.2, 0.25) is 0 Å². The predicted octanol–water partition coefficient (Wildman–Crippen LogP) is 3.35. The maximum Gasteiger partial charge on any atom is 0.314 e. The standard InChI is InChI=1S/C16H17NO2S/c1-11-10-20-14(17-11)9-16(15(18)19)8-4-6-12-5-2-3-7-13(12)16/h2-3,5,7,10H,4,6,8-9H2,1H3,(H,18,19). The van der Waals surface area contributed by atoms with Crippen LogP contribution in [0.1, 0.15) is 34.7 Å². The van der Waals surface area contributed by atoms with Crippen molar-refractivity contribution in [3.8, 4) is 0 Å². The second kappa shape index (κ2) is 5.02. The van der Waals surface area contributed by atoms with Gasteiger partial charge in [0.2, 0.25) is 0 Å². The van der Waals surface area contributed by atoms with Crippen molar-refractivity contribution >= 4 is 17.3 Å². The molecule has 1 heterocycles. The monoisotopic (exact) mass is 287 g/mol. The van der Waals surface area contributed by atoms with Crippen LogP contribution in [0.25, 0.3) is 0 Å². The molecule has 0 aliphatic heterocycles. The van der Waals surface area contributed by atoms with E-state index in [4.69, 9.17) is 0 Å². The van der Waals surface area contributed by atoms with Crippen molar-refractivity contribution in [2.24, 2.45) is 0 Å². The first-order chi connectivity index (χ1) is 9.62. The number of carbonyl (C=O) groups is 1. The Bertz CT molecular complexity index is 649. The molecule has 1 aliphatic rings. The smallest absolute Gasteiger partial charge is 0.314 e. The van der Waals surface area contributed by atoms with Crippen molar-refractivity contribution in [3.63, 3.8) is 0 Å². The largest absolute Gasteiger partial charge is 0.481 e. The highest BCUT2D eigenvalue weighted by Gasteiger charge is 2.44. The van der Waals surface area contributed by atoms with Crippen LogP contribution >= 0.6 is 11.3 Å². The number of thiazole rings is 1. The first-order valence-electron chi connectivity index (χ1n) is 6.85. The second-order valence-corrected chi connectivity index (χ2v) is 6.40. The summed E-state index contributed by atoms with van der Waals surface area (Å²) in [7, 11) is 0. The Labute approximate surface area is 122 Å². The van der Waals surface area contributed by atoms with Gasteiger partial charge in [-0.15, -0.1) is 11.3 Å². The number of hydrogen-bond donors (Lipinski definition) is 1. The van der Waals surface area contributed by atoms with E-state index in [-0.39, 0.29) is 0 Å². The van der Waals surface area contributed by atoms with Gasteiger partial charge < -0.3 is 5.11 Å². The van der Waals surface area contributed by atoms with E-state index >= 15 is 0 Å². The molecule has 1 aromatic heterocycles. The number of fused-ring (bicyclic) bond motifs is 1. The Morgan fingerprint density at radius 2 is 2.25 bits per heavy atom. The van der Waals surface area contributed by atoms with E-state index in [0.29, 0.717) is 12.8 Å². The van der Waals surface area contributed by atoms with E-state index in [1.165, 1.54) is 5.56 Å². The van der Waals surface area contributed by atoms with Crippen LogP contribution in [-0.2, 0) is 23.1 Å². The predicted molar refractivity (Wildman–Crippen MR) is 79.2 cm³/mol. The number of benzene rings is 1. The first kappa shape index (κ1) is 13.3. The van der Waals surface area contributed by atoms with Crippen LogP contribution in [-0.4, -0.2) is 16.1 Å². The van der Waals surface area contributed by atoms with Gasteiger partial charge in [0, 0.05) is 17.5 Å². The summed E-state index contributed by atoms with van der Waals surface area (Å²) < 4.78 is 0. The van der Waals surface area contributed by atoms with E-state index in [1.54, 1.807) is 11.3 Å². The molecule has 0 radical (unpaired) electrons. The lowest BCUT2D eigenvalue weighted by molar-refractivity contribution is -0.144. The van der Waals surface area contributed by atoms with Crippen LogP contribution in [0.5, 0.6) is 0 Å². The lowest BCUT2D eigenvalue weighted by atomic mass is 9.68. The molecule has 0 amide bonds. The van der Waals surface area contributed by atoms with Gasteiger partial charge in [0.1, 0.15) is 0 Å². The van der Waals surface area contributed by atoms with Crippen LogP contribution in [0, 0.1) is 6.92 Å². The van der Waals surface area contributed by atoms with E-state index in [9.17, 15) is 9.90 Å². The van der Waals surface area contributed by atoms with Crippen LogP contribution in [0.3, 0.4) is 0 Å². The molecule has 0 saturated carbocycles. The molecule has 0 saturated heterocycles. The Morgan fingerprint density at radius 3 is 2.95 bits per heavy atom. The number of aromatic nitrogens is 1. The molecule has 0 bridgehead atoms. The number of carboxylic acid groups (broad SMARTS) is 1. The number of rotatable bonds is 3. The summed E-state index contributed by atoms with van der Waals surface area (Å²) in [6.07, 6.45) is 3.09. The fourth-order valence-electron chi connectivity index (χ4n) is 3.14. The highest BCUT2D eigenvalue weighted by molar-refractivity contribution is 7.09.